The molecule has 14 heavy (non-hydrogen) atoms. The normalized spacial score (nSPS) is 17.6. The van der Waals surface area contributed by atoms with Gasteiger partial charge in [-0.3, -0.25) is 4.99 Å². The SMILES string of the molecule is COc1ccc(/C=C2/C=NCC2)cc1. The van der Waals surface area contributed by atoms with Gasteiger partial charge in [0.15, 0.2) is 0 Å². The largest absolute Gasteiger partial charge is 0.497 e. The number of benzene rings is 1. The Labute approximate surface area is 83.9 Å². The highest BCUT2D eigenvalue weighted by Gasteiger charge is 2.00. The average Bonchev–Trinajstić information content (AvgIpc) is 2.72. The molecule has 1 aromatic carbocycles. The van der Waals surface area contributed by atoms with Crippen molar-refractivity contribution in [1.29, 1.82) is 0 Å². The zero-order chi connectivity index (χ0) is 9.80. The third-order valence-electron chi connectivity index (χ3n) is 2.25. The lowest BCUT2D eigenvalue weighted by atomic mass is 10.1. The number of aliphatic imine (C=N–C) groups is 1. The fourth-order valence-corrected chi connectivity index (χ4v) is 1.46. The fraction of sp³-hybridized carbons (Fsp3) is 0.250. The molecule has 2 nitrogen and oxygen atoms in total. The maximum Gasteiger partial charge on any atom is 0.118 e. The van der Waals surface area contributed by atoms with Gasteiger partial charge in [-0.25, -0.2) is 0 Å². The molecule has 2 rings (SSSR count). The van der Waals surface area contributed by atoms with Gasteiger partial charge in [-0.1, -0.05) is 18.2 Å². The molecule has 0 saturated carbocycles. The number of rotatable bonds is 2. The van der Waals surface area contributed by atoms with Gasteiger partial charge in [0.2, 0.25) is 0 Å². The first-order valence-corrected chi connectivity index (χ1v) is 4.73. The number of hydrogen-bond donors (Lipinski definition) is 0. The van der Waals surface area contributed by atoms with Crippen molar-refractivity contribution in [1.82, 2.24) is 0 Å². The zero-order valence-corrected chi connectivity index (χ0v) is 8.23. The lowest BCUT2D eigenvalue weighted by molar-refractivity contribution is 0.415. The van der Waals surface area contributed by atoms with E-state index >= 15 is 0 Å². The number of nitrogens with zero attached hydrogens (tertiary/aromatic N) is 1. The second-order valence-electron chi connectivity index (χ2n) is 3.28. The zero-order valence-electron chi connectivity index (χ0n) is 8.23. The molecule has 1 aliphatic rings. The highest BCUT2D eigenvalue weighted by molar-refractivity contribution is 5.87. The van der Waals surface area contributed by atoms with Crippen molar-refractivity contribution in [2.75, 3.05) is 13.7 Å². The number of ether oxygens (including phenoxy) is 1. The second-order valence-corrected chi connectivity index (χ2v) is 3.28. The summed E-state index contributed by atoms with van der Waals surface area (Å²) in [5.74, 6) is 0.896. The fourth-order valence-electron chi connectivity index (χ4n) is 1.46. The molecule has 0 atom stereocenters. The smallest absolute Gasteiger partial charge is 0.118 e. The molecule has 0 aromatic heterocycles. The van der Waals surface area contributed by atoms with Crippen LogP contribution in [-0.2, 0) is 0 Å². The molecule has 0 N–H and O–H groups in total. The minimum absolute atomic E-state index is 0.896. The van der Waals surface area contributed by atoms with Crippen LogP contribution < -0.4 is 4.74 Å². The van der Waals surface area contributed by atoms with Gasteiger partial charge < -0.3 is 4.74 Å². The first-order chi connectivity index (χ1) is 6.88. The van der Waals surface area contributed by atoms with E-state index in [1.807, 2.05) is 18.3 Å². The lowest BCUT2D eigenvalue weighted by Gasteiger charge is -1.99. The minimum atomic E-state index is 0.896. The van der Waals surface area contributed by atoms with Gasteiger partial charge in [0.25, 0.3) is 0 Å². The first-order valence-electron chi connectivity index (χ1n) is 4.73. The lowest BCUT2D eigenvalue weighted by Crippen LogP contribution is -1.83. The van der Waals surface area contributed by atoms with Crippen molar-refractivity contribution in [2.45, 2.75) is 6.42 Å². The van der Waals surface area contributed by atoms with Crippen molar-refractivity contribution in [3.63, 3.8) is 0 Å². The second kappa shape index (κ2) is 4.09. The standard InChI is InChI=1S/C12H13NO/c1-14-12-4-2-10(3-5-12)8-11-6-7-13-9-11/h2-5,8-9H,6-7H2,1H3/b11-8+. The molecule has 1 heterocycles. The van der Waals surface area contributed by atoms with Gasteiger partial charge in [-0.15, -0.1) is 0 Å². The van der Waals surface area contributed by atoms with E-state index in [0.29, 0.717) is 0 Å². The van der Waals surface area contributed by atoms with Crippen LogP contribution in [0.4, 0.5) is 0 Å². The van der Waals surface area contributed by atoms with E-state index in [1.165, 1.54) is 11.1 Å². The van der Waals surface area contributed by atoms with Gasteiger partial charge in [0.1, 0.15) is 5.75 Å². The third kappa shape index (κ3) is 2.02. The molecule has 0 bridgehead atoms. The van der Waals surface area contributed by atoms with Crippen molar-refractivity contribution < 1.29 is 4.74 Å². The van der Waals surface area contributed by atoms with Gasteiger partial charge in [-0.05, 0) is 29.7 Å². The van der Waals surface area contributed by atoms with E-state index in [1.54, 1.807) is 7.11 Å². The maximum absolute atomic E-state index is 5.09. The molecule has 0 saturated heterocycles. The number of methoxy groups -OCH3 is 1. The van der Waals surface area contributed by atoms with Crippen LogP contribution >= 0.6 is 0 Å². The van der Waals surface area contributed by atoms with E-state index in [-0.39, 0.29) is 0 Å². The average molecular weight is 187 g/mol. The summed E-state index contributed by atoms with van der Waals surface area (Å²) in [5, 5.41) is 0. The van der Waals surface area contributed by atoms with Crippen LogP contribution in [0.15, 0.2) is 34.8 Å². The van der Waals surface area contributed by atoms with Crippen LogP contribution in [0, 0.1) is 0 Å². The van der Waals surface area contributed by atoms with Crippen LogP contribution in [0.1, 0.15) is 12.0 Å². The quantitative estimate of drug-likeness (QED) is 0.697. The summed E-state index contributed by atoms with van der Waals surface area (Å²) in [7, 11) is 1.68. The van der Waals surface area contributed by atoms with Crippen molar-refractivity contribution in [3.8, 4) is 5.75 Å². The van der Waals surface area contributed by atoms with Crippen molar-refractivity contribution in [2.24, 2.45) is 4.99 Å². The molecule has 0 spiro atoms. The number of hydrogen-bond acceptors (Lipinski definition) is 2. The Morgan fingerprint density at radius 2 is 2.07 bits per heavy atom. The molecule has 1 aromatic rings. The van der Waals surface area contributed by atoms with E-state index < -0.39 is 0 Å². The predicted molar refractivity (Wildman–Crippen MR) is 58.9 cm³/mol. The molecule has 1 aliphatic heterocycles. The van der Waals surface area contributed by atoms with Crippen LogP contribution in [0.5, 0.6) is 5.75 Å². The summed E-state index contributed by atoms with van der Waals surface area (Å²) < 4.78 is 5.09. The summed E-state index contributed by atoms with van der Waals surface area (Å²) >= 11 is 0. The Hall–Kier alpha value is -1.57. The topological polar surface area (TPSA) is 21.6 Å². The van der Waals surface area contributed by atoms with E-state index in [0.717, 1.165) is 18.7 Å². The highest BCUT2D eigenvalue weighted by atomic mass is 16.5. The molecule has 0 amide bonds. The summed E-state index contributed by atoms with van der Waals surface area (Å²) in [6.07, 6.45) is 5.17. The Bertz CT molecular complexity index is 362. The van der Waals surface area contributed by atoms with Gasteiger partial charge in [0.05, 0.1) is 7.11 Å². The van der Waals surface area contributed by atoms with Crippen LogP contribution in [0.2, 0.25) is 0 Å². The molecular weight excluding hydrogens is 174 g/mol. The van der Waals surface area contributed by atoms with Crippen LogP contribution in [0.3, 0.4) is 0 Å². The molecule has 0 unspecified atom stereocenters. The molecule has 72 valence electrons. The summed E-state index contributed by atoms with van der Waals surface area (Å²) in [6, 6.07) is 8.05. The molecule has 2 heteroatoms. The Morgan fingerprint density at radius 1 is 1.29 bits per heavy atom. The van der Waals surface area contributed by atoms with E-state index in [9.17, 15) is 0 Å². The van der Waals surface area contributed by atoms with Gasteiger partial charge in [-0.2, -0.15) is 0 Å². The maximum atomic E-state index is 5.09. The van der Waals surface area contributed by atoms with Crippen molar-refractivity contribution in [3.05, 3.63) is 35.4 Å². The molecule has 0 radical (unpaired) electrons. The highest BCUT2D eigenvalue weighted by Crippen LogP contribution is 2.16. The summed E-state index contributed by atoms with van der Waals surface area (Å²) in [5.41, 5.74) is 2.50. The Kier molecular flexibility index (Phi) is 2.63. The third-order valence-corrected chi connectivity index (χ3v) is 2.25. The van der Waals surface area contributed by atoms with Crippen LogP contribution in [-0.4, -0.2) is 19.9 Å². The van der Waals surface area contributed by atoms with Crippen LogP contribution in [0.25, 0.3) is 6.08 Å². The summed E-state index contributed by atoms with van der Waals surface area (Å²) in [4.78, 5) is 4.18. The Balaban J connectivity index is 2.17. The van der Waals surface area contributed by atoms with E-state index in [2.05, 4.69) is 23.2 Å². The summed E-state index contributed by atoms with van der Waals surface area (Å²) in [6.45, 7) is 0.933. The minimum Gasteiger partial charge on any atom is -0.497 e. The van der Waals surface area contributed by atoms with E-state index in [4.69, 9.17) is 4.74 Å². The monoisotopic (exact) mass is 187 g/mol. The first kappa shape index (κ1) is 9.00. The molecule has 0 fully saturated rings. The molecule has 0 aliphatic carbocycles. The predicted octanol–water partition coefficient (Wildman–Crippen LogP) is 2.55. The van der Waals surface area contributed by atoms with Gasteiger partial charge in [0, 0.05) is 12.8 Å². The van der Waals surface area contributed by atoms with Crippen molar-refractivity contribution >= 4 is 12.3 Å². The van der Waals surface area contributed by atoms with Gasteiger partial charge >= 0.3 is 0 Å². The molecular formula is C12H13NO. The Morgan fingerprint density at radius 3 is 2.64 bits per heavy atom.